The molecule has 0 N–H and O–H groups in total. The number of pyridine rings is 1. The Morgan fingerprint density at radius 3 is 2.33 bits per heavy atom. The molecule has 0 spiro atoms. The van der Waals surface area contributed by atoms with Crippen molar-refractivity contribution in [3.05, 3.63) is 63.9 Å². The summed E-state index contributed by atoms with van der Waals surface area (Å²) >= 11 is 12.6. The molecule has 9 heteroatoms. The van der Waals surface area contributed by atoms with Gasteiger partial charge in [-0.3, -0.25) is 19.5 Å². The molecule has 1 aromatic heterocycles. The van der Waals surface area contributed by atoms with Crippen molar-refractivity contribution in [2.75, 3.05) is 60.4 Å². The minimum absolute atomic E-state index is 0.0373. The second kappa shape index (κ2) is 14.1. The number of likely N-dealkylation sites (tertiary alicyclic amines) is 2. The van der Waals surface area contributed by atoms with Gasteiger partial charge in [-0.2, -0.15) is 0 Å². The number of likely N-dealkylation sites (N-methyl/N-ethyl adjacent to an activating group) is 2. The van der Waals surface area contributed by atoms with Crippen LogP contribution in [0.4, 0.5) is 0 Å². The Hall–Kier alpha value is -2.19. The van der Waals surface area contributed by atoms with Gasteiger partial charge in [0.05, 0.1) is 16.5 Å². The molecule has 1 atom stereocenters. The monoisotopic (exact) mass is 587 g/mol. The zero-order valence-electron chi connectivity index (χ0n) is 24.1. The maximum atomic E-state index is 13.5. The third-order valence-corrected chi connectivity index (χ3v) is 9.38. The molecule has 0 saturated carbocycles. The van der Waals surface area contributed by atoms with E-state index in [9.17, 15) is 9.59 Å². The molecular formula is C31H43Cl2N5O2. The number of benzene rings is 1. The second-order valence-electron chi connectivity index (χ2n) is 11.6. The third kappa shape index (κ3) is 7.55. The van der Waals surface area contributed by atoms with Crippen molar-refractivity contribution in [2.24, 2.45) is 0 Å². The van der Waals surface area contributed by atoms with E-state index in [-0.39, 0.29) is 29.7 Å². The van der Waals surface area contributed by atoms with E-state index >= 15 is 0 Å². The highest BCUT2D eigenvalue weighted by atomic mass is 35.5. The number of aromatic nitrogens is 1. The smallest absolute Gasteiger partial charge is 0.242 e. The van der Waals surface area contributed by atoms with Crippen molar-refractivity contribution < 1.29 is 9.59 Å². The van der Waals surface area contributed by atoms with E-state index in [2.05, 4.69) is 14.8 Å². The summed E-state index contributed by atoms with van der Waals surface area (Å²) in [7, 11) is 5.62. The van der Waals surface area contributed by atoms with E-state index in [0.717, 1.165) is 63.2 Å². The Morgan fingerprint density at radius 1 is 0.975 bits per heavy atom. The Bertz CT molecular complexity index is 1130. The Balaban J connectivity index is 1.42. The highest BCUT2D eigenvalue weighted by molar-refractivity contribution is 6.42. The lowest BCUT2D eigenvalue weighted by Crippen LogP contribution is -2.64. The van der Waals surface area contributed by atoms with Crippen molar-refractivity contribution in [3.63, 3.8) is 0 Å². The van der Waals surface area contributed by atoms with Crippen molar-refractivity contribution >= 4 is 35.0 Å². The van der Waals surface area contributed by atoms with Crippen LogP contribution in [0.2, 0.25) is 10.0 Å². The van der Waals surface area contributed by atoms with Gasteiger partial charge in [-0.05, 0) is 81.6 Å². The van der Waals surface area contributed by atoms with Crippen LogP contribution < -0.4 is 0 Å². The van der Waals surface area contributed by atoms with Gasteiger partial charge in [0, 0.05) is 58.6 Å². The standard InChI is InChI=1S/C31H43Cl2N5O2/c1-35(2)30(40)31(38-16-7-4-8-17-38)13-19-37(20-14-31)18-12-25(24-10-11-27(32)28(33)21-24)23-36(3)29(39)22-26-9-5-6-15-34-26/h5-6,9-11,15,21,25H,4,7-8,12-14,16-20,22-23H2,1-3H3. The van der Waals surface area contributed by atoms with Gasteiger partial charge in [0.15, 0.2) is 0 Å². The SMILES string of the molecule is CN(C)C(=O)C1(N2CCCCC2)CCN(CCC(CN(C)C(=O)Cc2ccccn2)c2ccc(Cl)c(Cl)c2)CC1. The molecule has 40 heavy (non-hydrogen) atoms. The third-order valence-electron chi connectivity index (χ3n) is 8.64. The van der Waals surface area contributed by atoms with Crippen LogP contribution in [0.15, 0.2) is 42.6 Å². The first kappa shape index (κ1) is 30.8. The molecule has 2 aliphatic rings. The zero-order valence-corrected chi connectivity index (χ0v) is 25.6. The zero-order chi connectivity index (χ0) is 28.7. The lowest BCUT2D eigenvalue weighted by molar-refractivity contribution is -0.147. The van der Waals surface area contributed by atoms with Crippen LogP contribution in [0.5, 0.6) is 0 Å². The van der Waals surface area contributed by atoms with Crippen molar-refractivity contribution in [1.82, 2.24) is 24.6 Å². The van der Waals surface area contributed by atoms with Crippen molar-refractivity contribution in [1.29, 1.82) is 0 Å². The summed E-state index contributed by atoms with van der Waals surface area (Å²) < 4.78 is 0. The molecule has 4 rings (SSSR count). The lowest BCUT2D eigenvalue weighted by Gasteiger charge is -2.50. The molecule has 7 nitrogen and oxygen atoms in total. The van der Waals surface area contributed by atoms with Gasteiger partial charge in [0.1, 0.15) is 5.54 Å². The van der Waals surface area contributed by atoms with Gasteiger partial charge in [0.25, 0.3) is 0 Å². The van der Waals surface area contributed by atoms with Gasteiger partial charge in [-0.25, -0.2) is 0 Å². The van der Waals surface area contributed by atoms with E-state index in [1.165, 1.54) is 19.3 Å². The molecule has 2 amide bonds. The average molecular weight is 589 g/mol. The summed E-state index contributed by atoms with van der Waals surface area (Å²) in [6.07, 6.45) is 8.16. The van der Waals surface area contributed by atoms with Gasteiger partial charge in [0.2, 0.25) is 11.8 Å². The average Bonchev–Trinajstić information content (AvgIpc) is 2.97. The molecule has 3 heterocycles. The molecule has 1 unspecified atom stereocenters. The number of nitrogens with zero attached hydrogens (tertiary/aromatic N) is 5. The molecule has 1 aromatic carbocycles. The van der Waals surface area contributed by atoms with Gasteiger partial charge >= 0.3 is 0 Å². The van der Waals surface area contributed by atoms with E-state index in [1.807, 2.05) is 57.5 Å². The summed E-state index contributed by atoms with van der Waals surface area (Å²) in [6.45, 7) is 5.26. The largest absolute Gasteiger partial charge is 0.347 e. The molecule has 2 aromatic rings. The first-order valence-electron chi connectivity index (χ1n) is 14.5. The van der Waals surface area contributed by atoms with Crippen molar-refractivity contribution in [2.45, 2.75) is 56.4 Å². The summed E-state index contributed by atoms with van der Waals surface area (Å²) in [5.41, 5.74) is 1.46. The highest BCUT2D eigenvalue weighted by Gasteiger charge is 2.47. The highest BCUT2D eigenvalue weighted by Crippen LogP contribution is 2.34. The number of carbonyl (C=O) groups is 2. The molecule has 0 bridgehead atoms. The van der Waals surface area contributed by atoms with E-state index in [1.54, 1.807) is 16.0 Å². The number of amides is 2. The topological polar surface area (TPSA) is 60.0 Å². The maximum Gasteiger partial charge on any atom is 0.242 e. The van der Waals surface area contributed by atoms with Gasteiger partial charge < -0.3 is 14.7 Å². The molecule has 2 aliphatic heterocycles. The van der Waals surface area contributed by atoms with Crippen molar-refractivity contribution in [3.8, 4) is 0 Å². The van der Waals surface area contributed by atoms with Crippen LogP contribution in [0.3, 0.4) is 0 Å². The summed E-state index contributed by atoms with van der Waals surface area (Å²) in [5.74, 6) is 0.385. The van der Waals surface area contributed by atoms with Gasteiger partial charge in [-0.15, -0.1) is 0 Å². The Morgan fingerprint density at radius 2 is 1.70 bits per heavy atom. The molecule has 2 saturated heterocycles. The summed E-state index contributed by atoms with van der Waals surface area (Å²) in [5, 5.41) is 1.05. The van der Waals surface area contributed by atoms with Crippen LogP contribution in [-0.4, -0.2) is 102 Å². The first-order chi connectivity index (χ1) is 19.2. The van der Waals surface area contributed by atoms with Crippen LogP contribution in [-0.2, 0) is 16.0 Å². The maximum absolute atomic E-state index is 13.5. The van der Waals surface area contributed by atoms with Gasteiger partial charge in [-0.1, -0.05) is 41.8 Å². The number of halogens is 2. The normalized spacial score (nSPS) is 18.7. The van der Waals surface area contributed by atoms with E-state index in [0.29, 0.717) is 16.6 Å². The molecular weight excluding hydrogens is 545 g/mol. The lowest BCUT2D eigenvalue weighted by atomic mass is 9.82. The molecule has 0 radical (unpaired) electrons. The van der Waals surface area contributed by atoms with E-state index in [4.69, 9.17) is 23.2 Å². The second-order valence-corrected chi connectivity index (χ2v) is 12.4. The first-order valence-corrected chi connectivity index (χ1v) is 15.2. The minimum Gasteiger partial charge on any atom is -0.347 e. The van der Waals surface area contributed by atoms with Crippen LogP contribution in [0.25, 0.3) is 0 Å². The Kier molecular flexibility index (Phi) is 10.9. The number of hydrogen-bond acceptors (Lipinski definition) is 5. The summed E-state index contributed by atoms with van der Waals surface area (Å²) in [4.78, 5) is 39.3. The fourth-order valence-electron chi connectivity index (χ4n) is 6.24. The molecule has 2 fully saturated rings. The van der Waals surface area contributed by atoms with Crippen LogP contribution >= 0.6 is 23.2 Å². The Labute approximate surface area is 249 Å². The number of hydrogen-bond donors (Lipinski definition) is 0. The number of carbonyl (C=O) groups excluding carboxylic acids is 2. The fraction of sp³-hybridized carbons (Fsp3) is 0.581. The fourth-order valence-corrected chi connectivity index (χ4v) is 6.55. The minimum atomic E-state index is -0.387. The van der Waals surface area contributed by atoms with Crippen LogP contribution in [0.1, 0.15) is 55.7 Å². The quantitative estimate of drug-likeness (QED) is 0.392. The summed E-state index contributed by atoms with van der Waals surface area (Å²) in [6, 6.07) is 11.4. The predicted molar refractivity (Wildman–Crippen MR) is 162 cm³/mol. The van der Waals surface area contributed by atoms with E-state index < -0.39 is 0 Å². The number of rotatable bonds is 10. The number of piperidine rings is 2. The molecule has 218 valence electrons. The van der Waals surface area contributed by atoms with Crippen LogP contribution in [0, 0.1) is 0 Å². The molecule has 0 aliphatic carbocycles. The predicted octanol–water partition coefficient (Wildman–Crippen LogP) is 4.97.